The summed E-state index contributed by atoms with van der Waals surface area (Å²) in [6.45, 7) is 1.64. The second kappa shape index (κ2) is 3.21. The molecule has 0 aliphatic heterocycles. The van der Waals surface area contributed by atoms with Crippen LogP contribution in [0.1, 0.15) is 5.69 Å². The summed E-state index contributed by atoms with van der Waals surface area (Å²) in [6.07, 6.45) is 1.83. The van der Waals surface area contributed by atoms with E-state index in [0.29, 0.717) is 11.4 Å². The summed E-state index contributed by atoms with van der Waals surface area (Å²) in [5.74, 6) is -0.287. The number of halogens is 1. The van der Waals surface area contributed by atoms with E-state index in [1.54, 1.807) is 17.7 Å². The van der Waals surface area contributed by atoms with Crippen LogP contribution >= 0.6 is 0 Å². The quantitative estimate of drug-likeness (QED) is 0.689. The van der Waals surface area contributed by atoms with Gasteiger partial charge in [-0.2, -0.15) is 5.10 Å². The molecule has 0 saturated carbocycles. The molecule has 0 spiro atoms. The predicted octanol–water partition coefficient (Wildman–Crippen LogP) is 1.93. The van der Waals surface area contributed by atoms with Crippen LogP contribution in [0.3, 0.4) is 0 Å². The smallest absolute Gasteiger partial charge is 0.144 e. The van der Waals surface area contributed by atoms with Crippen LogP contribution in [0.4, 0.5) is 4.39 Å². The lowest BCUT2D eigenvalue weighted by atomic mass is 10.2. The summed E-state index contributed by atoms with van der Waals surface area (Å²) in [5, 5.41) is 4.18. The molecule has 2 heterocycles. The lowest BCUT2D eigenvalue weighted by molar-refractivity contribution is 0.610. The van der Waals surface area contributed by atoms with Gasteiger partial charge in [-0.3, -0.25) is 4.68 Å². The summed E-state index contributed by atoms with van der Waals surface area (Å²) in [4.78, 5) is 4.11. The Hall–Kier alpha value is -1.71. The molecule has 4 heteroatoms. The normalized spacial score (nSPS) is 10.5. The highest BCUT2D eigenvalue weighted by molar-refractivity contribution is 5.53. The monoisotopic (exact) mass is 191 g/mol. The summed E-state index contributed by atoms with van der Waals surface area (Å²) in [6, 6.07) is 4.89. The zero-order chi connectivity index (χ0) is 10.1. The number of aromatic nitrogens is 3. The van der Waals surface area contributed by atoms with Gasteiger partial charge in [0.15, 0.2) is 0 Å². The van der Waals surface area contributed by atoms with Crippen LogP contribution in [0.15, 0.2) is 24.4 Å². The Morgan fingerprint density at radius 2 is 2.00 bits per heavy atom. The number of hydrogen-bond acceptors (Lipinski definition) is 2. The van der Waals surface area contributed by atoms with Gasteiger partial charge in [-0.05, 0) is 25.1 Å². The molecular weight excluding hydrogens is 181 g/mol. The van der Waals surface area contributed by atoms with Crippen molar-refractivity contribution in [2.75, 3.05) is 0 Å². The minimum absolute atomic E-state index is 0.287. The van der Waals surface area contributed by atoms with Crippen LogP contribution in [0, 0.1) is 12.7 Å². The van der Waals surface area contributed by atoms with E-state index < -0.39 is 0 Å². The number of nitrogens with zero attached hydrogens (tertiary/aromatic N) is 3. The van der Waals surface area contributed by atoms with Crippen molar-refractivity contribution in [1.82, 2.24) is 14.8 Å². The first-order valence-corrected chi connectivity index (χ1v) is 4.30. The zero-order valence-corrected chi connectivity index (χ0v) is 8.03. The van der Waals surface area contributed by atoms with Crippen LogP contribution < -0.4 is 0 Å². The molecule has 0 amide bonds. The van der Waals surface area contributed by atoms with E-state index in [1.807, 2.05) is 19.3 Å². The molecule has 72 valence electrons. The first-order chi connectivity index (χ1) is 6.66. The first kappa shape index (κ1) is 8.87. The number of rotatable bonds is 1. The van der Waals surface area contributed by atoms with Crippen LogP contribution in [-0.2, 0) is 7.05 Å². The van der Waals surface area contributed by atoms with Crippen molar-refractivity contribution < 1.29 is 4.39 Å². The number of aryl methyl sites for hydroxylation is 2. The van der Waals surface area contributed by atoms with E-state index in [9.17, 15) is 4.39 Å². The lowest BCUT2D eigenvalue weighted by Gasteiger charge is -1.98. The molecule has 2 aromatic rings. The van der Waals surface area contributed by atoms with Crippen molar-refractivity contribution in [3.8, 4) is 11.4 Å². The van der Waals surface area contributed by atoms with Gasteiger partial charge < -0.3 is 0 Å². The van der Waals surface area contributed by atoms with Gasteiger partial charge in [0.25, 0.3) is 0 Å². The molecule has 3 nitrogen and oxygen atoms in total. The fourth-order valence-electron chi connectivity index (χ4n) is 1.24. The van der Waals surface area contributed by atoms with Gasteiger partial charge in [0.1, 0.15) is 11.5 Å². The highest BCUT2D eigenvalue weighted by atomic mass is 19.1. The average molecular weight is 191 g/mol. The zero-order valence-electron chi connectivity index (χ0n) is 8.03. The molecule has 0 aromatic carbocycles. The Morgan fingerprint density at radius 1 is 1.21 bits per heavy atom. The second-order valence-electron chi connectivity index (χ2n) is 3.14. The van der Waals surface area contributed by atoms with Gasteiger partial charge >= 0.3 is 0 Å². The molecule has 0 aliphatic rings. The third-order valence-corrected chi connectivity index (χ3v) is 2.00. The maximum atomic E-state index is 12.9. The largest absolute Gasteiger partial charge is 0.275 e. The molecule has 0 bridgehead atoms. The molecule has 0 N–H and O–H groups in total. The predicted molar refractivity (Wildman–Crippen MR) is 51.1 cm³/mol. The minimum Gasteiger partial charge on any atom is -0.275 e. The molecular formula is C10H10FN3. The molecule has 2 rings (SSSR count). The Labute approximate surface area is 81.2 Å². The third kappa shape index (κ3) is 1.51. The van der Waals surface area contributed by atoms with E-state index in [1.165, 1.54) is 6.07 Å². The lowest BCUT2D eigenvalue weighted by Crippen LogP contribution is -1.93. The maximum Gasteiger partial charge on any atom is 0.144 e. The number of pyridine rings is 1. The molecule has 14 heavy (non-hydrogen) atoms. The van der Waals surface area contributed by atoms with E-state index in [4.69, 9.17) is 0 Å². The van der Waals surface area contributed by atoms with Crippen molar-refractivity contribution >= 4 is 0 Å². The molecule has 0 saturated heterocycles. The summed E-state index contributed by atoms with van der Waals surface area (Å²) in [7, 11) is 1.83. The fraction of sp³-hybridized carbons (Fsp3) is 0.200. The van der Waals surface area contributed by atoms with E-state index in [-0.39, 0.29) is 5.82 Å². The van der Waals surface area contributed by atoms with Gasteiger partial charge in [-0.1, -0.05) is 0 Å². The molecule has 0 fully saturated rings. The van der Waals surface area contributed by atoms with Crippen LogP contribution in [0.5, 0.6) is 0 Å². The Morgan fingerprint density at radius 3 is 2.57 bits per heavy atom. The van der Waals surface area contributed by atoms with Crippen molar-refractivity contribution in [2.45, 2.75) is 6.92 Å². The SMILES string of the molecule is Cc1nc(-c2ccn(C)n2)ccc1F. The Balaban J connectivity index is 2.47. The van der Waals surface area contributed by atoms with Gasteiger partial charge in [-0.15, -0.1) is 0 Å². The molecule has 0 unspecified atom stereocenters. The Bertz CT molecular complexity index is 462. The highest BCUT2D eigenvalue weighted by Gasteiger charge is 2.05. The van der Waals surface area contributed by atoms with Crippen LogP contribution in [0.2, 0.25) is 0 Å². The molecule has 0 radical (unpaired) electrons. The fourth-order valence-corrected chi connectivity index (χ4v) is 1.24. The molecule has 0 aliphatic carbocycles. The highest BCUT2D eigenvalue weighted by Crippen LogP contribution is 2.15. The second-order valence-corrected chi connectivity index (χ2v) is 3.14. The van der Waals surface area contributed by atoms with E-state index >= 15 is 0 Å². The number of hydrogen-bond donors (Lipinski definition) is 0. The van der Waals surface area contributed by atoms with Crippen LogP contribution in [-0.4, -0.2) is 14.8 Å². The minimum atomic E-state index is -0.287. The van der Waals surface area contributed by atoms with Crippen molar-refractivity contribution in [3.63, 3.8) is 0 Å². The average Bonchev–Trinajstić information content (AvgIpc) is 2.57. The summed E-state index contributed by atoms with van der Waals surface area (Å²) in [5.41, 5.74) is 1.85. The van der Waals surface area contributed by atoms with Crippen LogP contribution in [0.25, 0.3) is 11.4 Å². The van der Waals surface area contributed by atoms with Crippen molar-refractivity contribution in [2.24, 2.45) is 7.05 Å². The topological polar surface area (TPSA) is 30.7 Å². The summed E-state index contributed by atoms with van der Waals surface area (Å²) < 4.78 is 14.6. The van der Waals surface area contributed by atoms with Crippen molar-refractivity contribution in [1.29, 1.82) is 0 Å². The van der Waals surface area contributed by atoms with E-state index in [0.717, 1.165) is 5.69 Å². The van der Waals surface area contributed by atoms with Gasteiger partial charge in [0, 0.05) is 13.2 Å². The third-order valence-electron chi connectivity index (χ3n) is 2.00. The molecule has 2 aromatic heterocycles. The van der Waals surface area contributed by atoms with Crippen molar-refractivity contribution in [3.05, 3.63) is 35.9 Å². The first-order valence-electron chi connectivity index (χ1n) is 4.30. The van der Waals surface area contributed by atoms with Gasteiger partial charge in [-0.25, -0.2) is 9.37 Å². The molecule has 0 atom stereocenters. The van der Waals surface area contributed by atoms with E-state index in [2.05, 4.69) is 10.1 Å². The Kier molecular flexibility index (Phi) is 2.04. The van der Waals surface area contributed by atoms with Gasteiger partial charge in [0.05, 0.1) is 11.4 Å². The maximum absolute atomic E-state index is 12.9. The standard InChI is InChI=1S/C10H10FN3/c1-7-8(11)3-4-9(12-7)10-5-6-14(2)13-10/h3-6H,1-2H3. The van der Waals surface area contributed by atoms with Gasteiger partial charge in [0.2, 0.25) is 0 Å². The summed E-state index contributed by atoms with van der Waals surface area (Å²) >= 11 is 0.